The zero-order valence-corrected chi connectivity index (χ0v) is 11.4. The van der Waals surface area contributed by atoms with Gasteiger partial charge in [0.2, 0.25) is 0 Å². The lowest BCUT2D eigenvalue weighted by atomic mass is 9.88. The third-order valence-corrected chi connectivity index (χ3v) is 4.09. The molecule has 0 unspecified atom stereocenters. The van der Waals surface area contributed by atoms with E-state index in [0.717, 1.165) is 16.9 Å². The van der Waals surface area contributed by atoms with Crippen LogP contribution < -0.4 is 4.74 Å². The van der Waals surface area contributed by atoms with Gasteiger partial charge in [-0.3, -0.25) is 0 Å². The molecule has 0 saturated carbocycles. The molecule has 0 amide bonds. The lowest BCUT2D eigenvalue weighted by molar-refractivity contribution is -0.135. The second kappa shape index (κ2) is 4.22. The monoisotopic (exact) mass is 264 g/mol. The molecule has 0 spiro atoms. The zero-order valence-electron chi connectivity index (χ0n) is 11.4. The normalized spacial score (nSPS) is 27.2. The van der Waals surface area contributed by atoms with Crippen LogP contribution in [0, 0.1) is 5.92 Å². The molecule has 100 valence electrons. The fourth-order valence-electron chi connectivity index (χ4n) is 3.05. The molecule has 2 heterocycles. The highest BCUT2D eigenvalue weighted by atomic mass is 16.7. The largest absolute Gasteiger partial charge is 0.453 e. The molecule has 20 heavy (non-hydrogen) atoms. The number of hydrogen-bond acceptors (Lipinski definition) is 2. The zero-order chi connectivity index (χ0) is 13.6. The molecular weight excluding hydrogens is 248 g/mol. The number of benzene rings is 2. The number of para-hydroxylation sites is 1. The summed E-state index contributed by atoms with van der Waals surface area (Å²) in [7, 11) is 0. The molecule has 0 aromatic heterocycles. The van der Waals surface area contributed by atoms with Crippen LogP contribution in [0.25, 0.3) is 6.08 Å². The van der Waals surface area contributed by atoms with Crippen LogP contribution in [0.1, 0.15) is 18.1 Å². The fraction of sp³-hybridized carbons (Fsp3) is 0.222. The van der Waals surface area contributed by atoms with Crippen molar-refractivity contribution in [3.05, 3.63) is 71.3 Å². The first-order chi connectivity index (χ1) is 9.79. The van der Waals surface area contributed by atoms with Crippen molar-refractivity contribution in [2.45, 2.75) is 12.7 Å². The summed E-state index contributed by atoms with van der Waals surface area (Å²) in [6.45, 7) is 2.88. The molecule has 2 heteroatoms. The molecule has 0 aliphatic carbocycles. The Labute approximate surface area is 118 Å². The Kier molecular flexibility index (Phi) is 2.48. The summed E-state index contributed by atoms with van der Waals surface area (Å²) in [5.74, 6) is 0.507. The summed E-state index contributed by atoms with van der Waals surface area (Å²) in [5.41, 5.74) is 3.40. The van der Waals surface area contributed by atoms with Crippen molar-refractivity contribution in [3.8, 4) is 5.75 Å². The van der Waals surface area contributed by atoms with E-state index in [9.17, 15) is 0 Å². The van der Waals surface area contributed by atoms with Crippen molar-refractivity contribution < 1.29 is 9.47 Å². The standard InChI is InChI=1S/C18H16O2/c1-13-12-19-18(15-8-3-2-4-9-15)16(13)11-14-7-5-6-10-17(14)20-18/h2-11,13H,12H2,1H3/t13-,18-/m0/s1. The Hall–Kier alpha value is -2.06. The van der Waals surface area contributed by atoms with Gasteiger partial charge >= 0.3 is 0 Å². The Morgan fingerprint density at radius 2 is 1.75 bits per heavy atom. The maximum atomic E-state index is 6.31. The SMILES string of the molecule is C[C@H]1CO[C@@]2(c3ccccc3)Oc3ccccc3C=C12. The van der Waals surface area contributed by atoms with Gasteiger partial charge in [-0.1, -0.05) is 55.5 Å². The number of ether oxygens (including phenoxy) is 2. The molecule has 2 aromatic carbocycles. The van der Waals surface area contributed by atoms with Crippen LogP contribution in [0.5, 0.6) is 5.75 Å². The molecule has 0 radical (unpaired) electrons. The number of rotatable bonds is 1. The van der Waals surface area contributed by atoms with E-state index in [1.165, 1.54) is 5.57 Å². The van der Waals surface area contributed by atoms with Gasteiger partial charge in [-0.05, 0) is 12.1 Å². The molecule has 2 aromatic rings. The van der Waals surface area contributed by atoms with E-state index in [0.29, 0.717) is 12.5 Å². The van der Waals surface area contributed by atoms with E-state index in [1.807, 2.05) is 36.4 Å². The molecule has 4 rings (SSSR count). The van der Waals surface area contributed by atoms with E-state index in [-0.39, 0.29) is 0 Å². The van der Waals surface area contributed by atoms with Crippen molar-refractivity contribution in [2.24, 2.45) is 5.92 Å². The lowest BCUT2D eigenvalue weighted by Crippen LogP contribution is -2.36. The van der Waals surface area contributed by atoms with Gasteiger partial charge in [-0.2, -0.15) is 0 Å². The van der Waals surface area contributed by atoms with Gasteiger partial charge in [-0.25, -0.2) is 0 Å². The van der Waals surface area contributed by atoms with E-state index in [4.69, 9.17) is 9.47 Å². The third-order valence-electron chi connectivity index (χ3n) is 4.09. The molecule has 2 atom stereocenters. The van der Waals surface area contributed by atoms with Crippen molar-refractivity contribution in [1.29, 1.82) is 0 Å². The lowest BCUT2D eigenvalue weighted by Gasteiger charge is -2.35. The summed E-state index contributed by atoms with van der Waals surface area (Å²) in [6.07, 6.45) is 2.23. The predicted octanol–water partition coefficient (Wildman–Crippen LogP) is 3.98. The van der Waals surface area contributed by atoms with Crippen LogP contribution in [0.3, 0.4) is 0 Å². The molecule has 0 bridgehead atoms. The predicted molar refractivity (Wildman–Crippen MR) is 78.3 cm³/mol. The van der Waals surface area contributed by atoms with Gasteiger partial charge in [-0.15, -0.1) is 0 Å². The van der Waals surface area contributed by atoms with E-state index in [1.54, 1.807) is 0 Å². The molecule has 0 N–H and O–H groups in total. The average Bonchev–Trinajstić information content (AvgIpc) is 2.84. The first kappa shape index (κ1) is 11.7. The summed E-state index contributed by atoms with van der Waals surface area (Å²) >= 11 is 0. The number of fused-ring (bicyclic) bond motifs is 2. The average molecular weight is 264 g/mol. The van der Waals surface area contributed by atoms with Crippen molar-refractivity contribution >= 4 is 6.08 Å². The van der Waals surface area contributed by atoms with Crippen LogP contribution in [0.4, 0.5) is 0 Å². The van der Waals surface area contributed by atoms with Gasteiger partial charge < -0.3 is 9.47 Å². The van der Waals surface area contributed by atoms with Crippen LogP contribution in [-0.2, 0) is 10.5 Å². The van der Waals surface area contributed by atoms with E-state index in [2.05, 4.69) is 31.2 Å². The van der Waals surface area contributed by atoms with Gasteiger partial charge in [0.15, 0.2) is 0 Å². The van der Waals surface area contributed by atoms with E-state index < -0.39 is 5.79 Å². The number of hydrogen-bond donors (Lipinski definition) is 0. The first-order valence-corrected chi connectivity index (χ1v) is 6.99. The molecule has 2 nitrogen and oxygen atoms in total. The first-order valence-electron chi connectivity index (χ1n) is 6.99. The highest BCUT2D eigenvalue weighted by Gasteiger charge is 2.49. The third kappa shape index (κ3) is 1.55. The quantitative estimate of drug-likeness (QED) is 0.775. The van der Waals surface area contributed by atoms with Crippen molar-refractivity contribution in [2.75, 3.05) is 6.61 Å². The summed E-state index contributed by atoms with van der Waals surface area (Å²) in [5, 5.41) is 0. The van der Waals surface area contributed by atoms with Gasteiger partial charge in [0.1, 0.15) is 5.75 Å². The topological polar surface area (TPSA) is 18.5 Å². The second-order valence-corrected chi connectivity index (χ2v) is 5.43. The van der Waals surface area contributed by atoms with Gasteiger partial charge in [0.05, 0.1) is 6.61 Å². The Bertz CT molecular complexity index is 675. The Morgan fingerprint density at radius 3 is 2.60 bits per heavy atom. The van der Waals surface area contributed by atoms with Crippen LogP contribution in [-0.4, -0.2) is 6.61 Å². The minimum Gasteiger partial charge on any atom is -0.453 e. The van der Waals surface area contributed by atoms with Crippen LogP contribution in [0.2, 0.25) is 0 Å². The molecule has 2 aliphatic heterocycles. The molecule has 1 saturated heterocycles. The minimum atomic E-state index is -0.741. The Balaban J connectivity index is 1.92. The maximum Gasteiger partial charge on any atom is 0.260 e. The maximum absolute atomic E-state index is 6.31. The highest BCUT2D eigenvalue weighted by molar-refractivity contribution is 5.66. The molecule has 2 aliphatic rings. The van der Waals surface area contributed by atoms with Crippen LogP contribution >= 0.6 is 0 Å². The minimum absolute atomic E-state index is 0.364. The van der Waals surface area contributed by atoms with Crippen molar-refractivity contribution in [3.63, 3.8) is 0 Å². The summed E-state index contributed by atoms with van der Waals surface area (Å²) < 4.78 is 12.4. The van der Waals surface area contributed by atoms with Crippen LogP contribution in [0.15, 0.2) is 60.2 Å². The van der Waals surface area contributed by atoms with Crippen molar-refractivity contribution in [1.82, 2.24) is 0 Å². The summed E-state index contributed by atoms with van der Waals surface area (Å²) in [4.78, 5) is 0. The Morgan fingerprint density at radius 1 is 1.00 bits per heavy atom. The summed E-state index contributed by atoms with van der Waals surface area (Å²) in [6, 6.07) is 18.3. The van der Waals surface area contributed by atoms with Gasteiger partial charge in [0.25, 0.3) is 5.79 Å². The fourth-order valence-corrected chi connectivity index (χ4v) is 3.05. The smallest absolute Gasteiger partial charge is 0.260 e. The highest BCUT2D eigenvalue weighted by Crippen LogP contribution is 2.49. The molecular formula is C18H16O2. The van der Waals surface area contributed by atoms with E-state index >= 15 is 0 Å². The second-order valence-electron chi connectivity index (χ2n) is 5.43. The molecule has 1 fully saturated rings. The van der Waals surface area contributed by atoms with Gasteiger partial charge in [0, 0.05) is 22.6 Å².